The molecule has 0 spiro atoms. The molecule has 202 valence electrons. The first-order valence-electron chi connectivity index (χ1n) is 10.4. The van der Waals surface area contributed by atoms with Crippen LogP contribution in [0.3, 0.4) is 0 Å². The quantitative estimate of drug-likeness (QED) is 0.298. The zero-order valence-corrected chi connectivity index (χ0v) is 20.6. The average Bonchev–Trinajstić information content (AvgIpc) is 3.00. The van der Waals surface area contributed by atoms with E-state index in [-0.39, 0.29) is 78.7 Å². The van der Waals surface area contributed by atoms with Crippen molar-refractivity contribution in [3.63, 3.8) is 0 Å². The highest BCUT2D eigenvalue weighted by Gasteiger charge is 2.38. The summed E-state index contributed by atoms with van der Waals surface area (Å²) in [6, 6.07) is 5.22. The molecule has 4 rings (SSSR count). The van der Waals surface area contributed by atoms with Crippen LogP contribution in [0.1, 0.15) is 35.2 Å². The van der Waals surface area contributed by atoms with Crippen molar-refractivity contribution in [3.8, 4) is 17.0 Å². The van der Waals surface area contributed by atoms with Gasteiger partial charge in [0.2, 0.25) is 5.88 Å². The largest absolute Gasteiger partial charge is 0.476 e. The van der Waals surface area contributed by atoms with Crippen molar-refractivity contribution in [2.45, 2.75) is 31.9 Å². The number of alkyl halides is 6. The lowest BCUT2D eigenvalue weighted by atomic mass is 9.97. The molecule has 0 bridgehead atoms. The Bertz CT molecular complexity index is 1200. The van der Waals surface area contributed by atoms with Gasteiger partial charge in [0.25, 0.3) is 0 Å². The second kappa shape index (κ2) is 11.4. The van der Waals surface area contributed by atoms with Crippen molar-refractivity contribution in [1.82, 2.24) is 9.88 Å². The summed E-state index contributed by atoms with van der Waals surface area (Å²) in [4.78, 5) is 5.67. The fourth-order valence-corrected chi connectivity index (χ4v) is 4.04. The van der Waals surface area contributed by atoms with Gasteiger partial charge in [-0.1, -0.05) is 6.07 Å². The van der Waals surface area contributed by atoms with Gasteiger partial charge in [-0.25, -0.2) is 13.8 Å². The molecule has 1 aliphatic rings. The average molecular weight is 575 g/mol. The number of nitrogens with zero attached hydrogens (tertiary/aromatic N) is 2. The Morgan fingerprint density at radius 1 is 0.892 bits per heavy atom. The zero-order chi connectivity index (χ0) is 25.5. The number of hydrogen-bond acceptors (Lipinski definition) is 3. The minimum atomic E-state index is -4.98. The number of pyridine rings is 1. The standard InChI is InChI=1S/C24H18F8N2O.2ClH/c1-13(14-9-15(23(27,28)29)11-16(10-14)24(30,31)32)34-7-8-35-22-18(12-34)17(5-6-33-22)21-19(25)3-2-4-20(21)26;;/h2-6,9-11,13H,7-8,12H2,1H3;2*1H. The predicted molar refractivity (Wildman–Crippen MR) is 125 cm³/mol. The number of aromatic nitrogens is 1. The summed E-state index contributed by atoms with van der Waals surface area (Å²) >= 11 is 0. The second-order valence-electron chi connectivity index (χ2n) is 8.07. The number of hydrogen-bond donors (Lipinski definition) is 0. The van der Waals surface area contributed by atoms with E-state index in [1.165, 1.54) is 25.3 Å². The van der Waals surface area contributed by atoms with Crippen LogP contribution in [0.15, 0.2) is 48.7 Å². The Morgan fingerprint density at radius 2 is 1.46 bits per heavy atom. The van der Waals surface area contributed by atoms with Crippen LogP contribution in [0.5, 0.6) is 5.88 Å². The first kappa shape index (κ1) is 30.6. The number of fused-ring (bicyclic) bond motifs is 1. The van der Waals surface area contributed by atoms with E-state index in [1.54, 1.807) is 4.90 Å². The number of halogens is 10. The molecule has 13 heteroatoms. The minimum absolute atomic E-state index is 0. The molecule has 0 aliphatic carbocycles. The third-order valence-electron chi connectivity index (χ3n) is 5.87. The minimum Gasteiger partial charge on any atom is -0.476 e. The molecule has 1 unspecified atom stereocenters. The van der Waals surface area contributed by atoms with E-state index in [9.17, 15) is 35.1 Å². The molecule has 0 saturated heterocycles. The SMILES string of the molecule is CC(c1cc(C(F)(F)F)cc(C(F)(F)F)c1)N1CCOc2nccc(-c3c(F)cccc3F)c2C1.Cl.Cl. The highest BCUT2D eigenvalue weighted by molar-refractivity contribution is 5.85. The molecule has 0 saturated carbocycles. The van der Waals surface area contributed by atoms with E-state index in [0.717, 1.165) is 12.1 Å². The molecule has 2 heterocycles. The Balaban J connectivity index is 0.00000241. The molecular weight excluding hydrogens is 555 g/mol. The van der Waals surface area contributed by atoms with Crippen LogP contribution in [-0.2, 0) is 18.9 Å². The molecule has 3 aromatic rings. The van der Waals surface area contributed by atoms with E-state index < -0.39 is 41.2 Å². The highest BCUT2D eigenvalue weighted by Crippen LogP contribution is 2.40. The third-order valence-corrected chi connectivity index (χ3v) is 5.87. The molecule has 1 aromatic heterocycles. The maximum absolute atomic E-state index is 14.5. The summed E-state index contributed by atoms with van der Waals surface area (Å²) < 4.78 is 115. The summed E-state index contributed by atoms with van der Waals surface area (Å²) in [7, 11) is 0. The van der Waals surface area contributed by atoms with Crippen molar-refractivity contribution in [1.29, 1.82) is 0 Å². The first-order chi connectivity index (χ1) is 16.4. The maximum atomic E-state index is 14.5. The zero-order valence-electron chi connectivity index (χ0n) is 19.0. The molecule has 1 atom stereocenters. The van der Waals surface area contributed by atoms with Crippen LogP contribution in [0.25, 0.3) is 11.1 Å². The summed E-state index contributed by atoms with van der Waals surface area (Å²) in [5.74, 6) is -1.59. The molecule has 0 fully saturated rings. The van der Waals surface area contributed by atoms with Gasteiger partial charge in [0.05, 0.1) is 16.7 Å². The maximum Gasteiger partial charge on any atom is 0.416 e. The van der Waals surface area contributed by atoms with Gasteiger partial charge in [0.1, 0.15) is 18.2 Å². The summed E-state index contributed by atoms with van der Waals surface area (Å²) in [5.41, 5.74) is -2.98. The summed E-state index contributed by atoms with van der Waals surface area (Å²) in [5, 5.41) is 0. The molecule has 0 N–H and O–H groups in total. The van der Waals surface area contributed by atoms with E-state index >= 15 is 0 Å². The van der Waals surface area contributed by atoms with Crippen LogP contribution in [0.2, 0.25) is 0 Å². The molecule has 3 nitrogen and oxygen atoms in total. The number of ether oxygens (including phenoxy) is 1. The van der Waals surface area contributed by atoms with E-state index in [1.807, 2.05) is 0 Å². The topological polar surface area (TPSA) is 25.4 Å². The van der Waals surface area contributed by atoms with Gasteiger partial charge in [-0.3, -0.25) is 4.90 Å². The Kier molecular flexibility index (Phi) is 9.43. The first-order valence-corrected chi connectivity index (χ1v) is 10.4. The van der Waals surface area contributed by atoms with Crippen molar-refractivity contribution >= 4 is 24.8 Å². The van der Waals surface area contributed by atoms with Gasteiger partial charge >= 0.3 is 12.4 Å². The van der Waals surface area contributed by atoms with Crippen LogP contribution in [0, 0.1) is 11.6 Å². The fourth-order valence-electron chi connectivity index (χ4n) is 4.04. The van der Waals surface area contributed by atoms with E-state index in [0.29, 0.717) is 12.1 Å². The van der Waals surface area contributed by atoms with Crippen molar-refractivity contribution in [2.24, 2.45) is 0 Å². The normalized spacial score (nSPS) is 14.9. The van der Waals surface area contributed by atoms with Gasteiger partial charge < -0.3 is 4.74 Å². The summed E-state index contributed by atoms with van der Waals surface area (Å²) in [6.45, 7) is 1.51. The van der Waals surface area contributed by atoms with Crippen molar-refractivity contribution < 1.29 is 39.9 Å². The lowest BCUT2D eigenvalue weighted by Crippen LogP contribution is -2.29. The van der Waals surface area contributed by atoms with Gasteiger partial charge in [0, 0.05) is 30.9 Å². The lowest BCUT2D eigenvalue weighted by Gasteiger charge is -2.29. The molecule has 0 radical (unpaired) electrons. The Hall–Kier alpha value is -2.63. The van der Waals surface area contributed by atoms with Crippen LogP contribution in [0.4, 0.5) is 35.1 Å². The van der Waals surface area contributed by atoms with Gasteiger partial charge in [-0.2, -0.15) is 26.3 Å². The molecular formula is C24H20Cl2F8N2O. The van der Waals surface area contributed by atoms with Gasteiger partial charge in [-0.05, 0) is 54.4 Å². The lowest BCUT2D eigenvalue weighted by molar-refractivity contribution is -0.143. The number of benzene rings is 2. The molecule has 37 heavy (non-hydrogen) atoms. The number of rotatable bonds is 3. The van der Waals surface area contributed by atoms with Crippen molar-refractivity contribution in [2.75, 3.05) is 13.2 Å². The Morgan fingerprint density at radius 3 is 2.00 bits per heavy atom. The van der Waals surface area contributed by atoms with E-state index in [4.69, 9.17) is 4.74 Å². The van der Waals surface area contributed by atoms with Crippen LogP contribution >= 0.6 is 24.8 Å². The van der Waals surface area contributed by atoms with Gasteiger partial charge in [0.15, 0.2) is 0 Å². The van der Waals surface area contributed by atoms with Crippen LogP contribution < -0.4 is 4.74 Å². The molecule has 1 aliphatic heterocycles. The predicted octanol–water partition coefficient (Wildman–Crippen LogP) is 7.86. The van der Waals surface area contributed by atoms with E-state index in [2.05, 4.69) is 4.98 Å². The highest BCUT2D eigenvalue weighted by atomic mass is 35.5. The third kappa shape index (κ3) is 6.45. The Labute approximate surface area is 219 Å². The monoisotopic (exact) mass is 574 g/mol. The van der Waals surface area contributed by atoms with Crippen LogP contribution in [-0.4, -0.2) is 23.0 Å². The smallest absolute Gasteiger partial charge is 0.416 e. The fraction of sp³-hybridized carbons (Fsp3) is 0.292. The molecule has 0 amide bonds. The second-order valence-corrected chi connectivity index (χ2v) is 8.07. The summed E-state index contributed by atoms with van der Waals surface area (Å²) in [6.07, 6.45) is -8.66. The molecule has 2 aromatic carbocycles. The van der Waals surface area contributed by atoms with Gasteiger partial charge in [-0.15, -0.1) is 24.8 Å². The van der Waals surface area contributed by atoms with Crippen molar-refractivity contribution in [3.05, 3.63) is 82.5 Å².